The lowest BCUT2D eigenvalue weighted by atomic mass is 10.1. The molecule has 2 heterocycles. The number of nitrogens with zero attached hydrogens (tertiary/aromatic N) is 2. The monoisotopic (exact) mass is 407 g/mol. The number of aromatic nitrogens is 2. The van der Waals surface area contributed by atoms with Gasteiger partial charge in [-0.15, -0.1) is 11.3 Å². The van der Waals surface area contributed by atoms with Gasteiger partial charge in [0.05, 0.1) is 10.7 Å². The van der Waals surface area contributed by atoms with Crippen molar-refractivity contribution in [3.05, 3.63) is 64.1 Å². The van der Waals surface area contributed by atoms with Crippen LogP contribution in [0.1, 0.15) is 20.2 Å². The Bertz CT molecular complexity index is 941. The van der Waals surface area contributed by atoms with Crippen LogP contribution in [0.5, 0.6) is 5.88 Å². The number of hydrogen-bond acceptors (Lipinski definition) is 5. The number of aryl methyl sites for hydroxylation is 1. The topological polar surface area (TPSA) is 64.1 Å². The molecule has 0 saturated carbocycles. The van der Waals surface area contributed by atoms with Crippen LogP contribution >= 0.6 is 11.3 Å². The van der Waals surface area contributed by atoms with Gasteiger partial charge in [0.25, 0.3) is 5.91 Å². The Morgan fingerprint density at radius 3 is 2.57 bits per heavy atom. The fourth-order valence-corrected chi connectivity index (χ4v) is 3.25. The third-order valence-corrected chi connectivity index (χ3v) is 4.59. The number of hydrogen-bond donors (Lipinski definition) is 1. The van der Waals surface area contributed by atoms with E-state index in [0.717, 1.165) is 10.6 Å². The summed E-state index contributed by atoms with van der Waals surface area (Å²) in [5, 5.41) is 3.56. The molecule has 5 nitrogen and oxygen atoms in total. The molecular weight excluding hydrogens is 391 g/mol. The highest BCUT2D eigenvalue weighted by molar-refractivity contribution is 7.14. The summed E-state index contributed by atoms with van der Waals surface area (Å²) in [4.78, 5) is 21.4. The molecule has 1 N–H and O–H groups in total. The minimum atomic E-state index is -4.42. The van der Waals surface area contributed by atoms with Gasteiger partial charge in [0, 0.05) is 24.4 Å². The summed E-state index contributed by atoms with van der Waals surface area (Å²) in [6.07, 6.45) is -3.06. The Kier molecular flexibility index (Phi) is 5.93. The van der Waals surface area contributed by atoms with E-state index >= 15 is 0 Å². The Morgan fingerprint density at radius 1 is 1.18 bits per heavy atom. The third kappa shape index (κ3) is 5.29. The van der Waals surface area contributed by atoms with Crippen molar-refractivity contribution in [3.63, 3.8) is 0 Å². The molecule has 9 heteroatoms. The zero-order valence-corrected chi connectivity index (χ0v) is 15.6. The Hall–Kier alpha value is -2.94. The molecule has 28 heavy (non-hydrogen) atoms. The van der Waals surface area contributed by atoms with Crippen LogP contribution in [0.3, 0.4) is 0 Å². The first kappa shape index (κ1) is 19.8. The first-order chi connectivity index (χ1) is 13.3. The molecule has 1 aromatic carbocycles. The number of benzene rings is 1. The summed E-state index contributed by atoms with van der Waals surface area (Å²) in [6.45, 7) is 0.608. The molecule has 0 atom stereocenters. The van der Waals surface area contributed by atoms with Gasteiger partial charge in [-0.2, -0.15) is 13.2 Å². The van der Waals surface area contributed by atoms with Crippen molar-refractivity contribution in [2.45, 2.75) is 19.6 Å². The average molecular weight is 407 g/mol. The largest absolute Gasteiger partial charge is 0.468 e. The van der Waals surface area contributed by atoms with Crippen LogP contribution in [0.4, 0.5) is 13.2 Å². The summed E-state index contributed by atoms with van der Waals surface area (Å²) in [5.41, 5.74) is 2.11. The summed E-state index contributed by atoms with van der Waals surface area (Å²) in [5.74, 6) is -0.404. The van der Waals surface area contributed by atoms with Gasteiger partial charge < -0.3 is 10.1 Å². The van der Waals surface area contributed by atoms with Crippen molar-refractivity contribution in [1.29, 1.82) is 0 Å². The van der Waals surface area contributed by atoms with Crippen LogP contribution in [-0.4, -0.2) is 28.7 Å². The smallest absolute Gasteiger partial charge is 0.422 e. The van der Waals surface area contributed by atoms with Crippen LogP contribution in [0.25, 0.3) is 11.3 Å². The average Bonchev–Trinajstić information content (AvgIpc) is 3.07. The molecule has 146 valence electrons. The fraction of sp³-hybridized carbons (Fsp3) is 0.211. The number of pyridine rings is 1. The van der Waals surface area contributed by atoms with Gasteiger partial charge in [0.15, 0.2) is 6.61 Å². The Balaban J connectivity index is 1.63. The van der Waals surface area contributed by atoms with Crippen LogP contribution in [-0.2, 0) is 6.54 Å². The third-order valence-electron chi connectivity index (χ3n) is 3.62. The van der Waals surface area contributed by atoms with Crippen LogP contribution in [0, 0.1) is 6.92 Å². The predicted octanol–water partition coefficient (Wildman–Crippen LogP) is 4.38. The Morgan fingerprint density at radius 2 is 1.93 bits per heavy atom. The minimum absolute atomic E-state index is 0.128. The van der Waals surface area contributed by atoms with Gasteiger partial charge in [-0.1, -0.05) is 36.4 Å². The molecule has 0 bridgehead atoms. The SMILES string of the molecule is Cc1nc(-c2ccccc2)c(C(=O)NCc2ccc(OCC(F)(F)F)nc2)s1. The first-order valence-corrected chi connectivity index (χ1v) is 9.09. The number of alkyl halides is 3. The molecule has 2 aromatic heterocycles. The van der Waals surface area contributed by atoms with E-state index in [0.29, 0.717) is 16.1 Å². The lowest BCUT2D eigenvalue weighted by molar-refractivity contribution is -0.154. The van der Waals surface area contributed by atoms with Gasteiger partial charge in [-0.05, 0) is 12.5 Å². The maximum absolute atomic E-state index is 12.6. The number of carbonyl (C=O) groups excluding carboxylic acids is 1. The molecule has 0 aliphatic heterocycles. The molecule has 0 radical (unpaired) electrons. The van der Waals surface area contributed by atoms with Crippen molar-refractivity contribution in [1.82, 2.24) is 15.3 Å². The van der Waals surface area contributed by atoms with Gasteiger partial charge in [0.1, 0.15) is 4.88 Å². The fourth-order valence-electron chi connectivity index (χ4n) is 2.39. The second-order valence-corrected chi connectivity index (χ2v) is 7.07. The zero-order valence-electron chi connectivity index (χ0n) is 14.8. The van der Waals surface area contributed by atoms with E-state index < -0.39 is 12.8 Å². The van der Waals surface area contributed by atoms with E-state index in [9.17, 15) is 18.0 Å². The second kappa shape index (κ2) is 8.39. The molecule has 0 saturated heterocycles. The maximum Gasteiger partial charge on any atom is 0.422 e. The first-order valence-electron chi connectivity index (χ1n) is 8.27. The van der Waals surface area contributed by atoms with E-state index in [1.54, 1.807) is 6.07 Å². The van der Waals surface area contributed by atoms with Gasteiger partial charge in [-0.25, -0.2) is 9.97 Å². The molecule has 0 spiro atoms. The number of halogens is 3. The predicted molar refractivity (Wildman–Crippen MR) is 99.2 cm³/mol. The maximum atomic E-state index is 12.6. The minimum Gasteiger partial charge on any atom is -0.468 e. The standard InChI is InChI=1S/C19H16F3N3O2S/c1-12-25-16(14-5-3-2-4-6-14)17(28-12)18(26)24-10-13-7-8-15(23-9-13)27-11-19(20,21)22/h2-9H,10-11H2,1H3,(H,24,26). The normalized spacial score (nSPS) is 11.3. The van der Waals surface area contributed by atoms with E-state index in [4.69, 9.17) is 0 Å². The van der Waals surface area contributed by atoms with E-state index in [2.05, 4.69) is 20.0 Å². The molecule has 0 fully saturated rings. The van der Waals surface area contributed by atoms with E-state index in [-0.39, 0.29) is 18.3 Å². The zero-order chi connectivity index (χ0) is 20.1. The summed E-state index contributed by atoms with van der Waals surface area (Å²) in [7, 11) is 0. The van der Waals surface area contributed by atoms with Gasteiger partial charge in [0.2, 0.25) is 5.88 Å². The summed E-state index contributed by atoms with van der Waals surface area (Å²) in [6, 6.07) is 12.3. The molecule has 3 rings (SSSR count). The number of amides is 1. The van der Waals surface area contributed by atoms with Crippen molar-refractivity contribution in [3.8, 4) is 17.1 Å². The number of nitrogens with one attached hydrogen (secondary N) is 1. The summed E-state index contributed by atoms with van der Waals surface area (Å²) < 4.78 is 41.0. The number of thiazole rings is 1. The molecule has 0 unspecified atom stereocenters. The lowest BCUT2D eigenvalue weighted by Gasteiger charge is -2.09. The summed E-state index contributed by atoms with van der Waals surface area (Å²) >= 11 is 1.30. The highest BCUT2D eigenvalue weighted by Crippen LogP contribution is 2.28. The number of ether oxygens (including phenoxy) is 1. The number of rotatable bonds is 6. The number of carbonyl (C=O) groups is 1. The van der Waals surface area contributed by atoms with Crippen LogP contribution < -0.4 is 10.1 Å². The van der Waals surface area contributed by atoms with Crippen molar-refractivity contribution < 1.29 is 22.7 Å². The van der Waals surface area contributed by atoms with Crippen LogP contribution in [0.2, 0.25) is 0 Å². The van der Waals surface area contributed by atoms with Crippen molar-refractivity contribution >= 4 is 17.2 Å². The van der Waals surface area contributed by atoms with Crippen LogP contribution in [0.15, 0.2) is 48.7 Å². The lowest BCUT2D eigenvalue weighted by Crippen LogP contribution is -2.22. The molecule has 1 amide bonds. The molecule has 3 aromatic rings. The van der Waals surface area contributed by atoms with Crippen molar-refractivity contribution in [2.75, 3.05) is 6.61 Å². The highest BCUT2D eigenvalue weighted by atomic mass is 32.1. The quantitative estimate of drug-likeness (QED) is 0.659. The molecule has 0 aliphatic rings. The van der Waals surface area contributed by atoms with E-state index in [1.165, 1.54) is 23.6 Å². The molecular formula is C19H16F3N3O2S. The van der Waals surface area contributed by atoms with Crippen molar-refractivity contribution in [2.24, 2.45) is 0 Å². The van der Waals surface area contributed by atoms with Gasteiger partial charge >= 0.3 is 6.18 Å². The van der Waals surface area contributed by atoms with Gasteiger partial charge in [-0.3, -0.25) is 4.79 Å². The van der Waals surface area contributed by atoms with E-state index in [1.807, 2.05) is 37.3 Å². The molecule has 0 aliphatic carbocycles. The second-order valence-electron chi connectivity index (χ2n) is 5.87. The Labute approximate surface area is 163 Å². The highest BCUT2D eigenvalue weighted by Gasteiger charge is 2.28.